The lowest BCUT2D eigenvalue weighted by atomic mass is 9.91. The summed E-state index contributed by atoms with van der Waals surface area (Å²) in [5.74, 6) is -0.125. The van der Waals surface area contributed by atoms with Crippen LogP contribution in [0.2, 0.25) is 0 Å². The maximum Gasteiger partial charge on any atom is 0.253 e. The van der Waals surface area contributed by atoms with Crippen molar-refractivity contribution >= 4 is 43.2 Å². The number of thiophene rings is 1. The zero-order valence-corrected chi connectivity index (χ0v) is 15.9. The van der Waals surface area contributed by atoms with Crippen LogP contribution >= 0.6 is 27.3 Å². The summed E-state index contributed by atoms with van der Waals surface area (Å²) >= 11 is 4.46. The summed E-state index contributed by atoms with van der Waals surface area (Å²) in [4.78, 5) is 14.4. The third-order valence-electron chi connectivity index (χ3n) is 4.56. The molecule has 0 bridgehead atoms. The van der Waals surface area contributed by atoms with Crippen LogP contribution < -0.4 is 0 Å². The summed E-state index contributed by atoms with van der Waals surface area (Å²) in [6.07, 6.45) is 0.822. The Labute approximate surface area is 153 Å². The second-order valence-corrected chi connectivity index (χ2v) is 10.5. The van der Waals surface area contributed by atoms with E-state index in [2.05, 4.69) is 22.0 Å². The predicted octanol–water partition coefficient (Wildman–Crippen LogP) is 2.64. The Morgan fingerprint density at radius 1 is 1.17 bits per heavy atom. The van der Waals surface area contributed by atoms with Gasteiger partial charge in [-0.1, -0.05) is 24.3 Å². The maximum absolute atomic E-state index is 12.9. The van der Waals surface area contributed by atoms with Crippen LogP contribution in [0.25, 0.3) is 0 Å². The zero-order chi connectivity index (χ0) is 16.9. The van der Waals surface area contributed by atoms with Gasteiger partial charge in [0.15, 0.2) is 0 Å². The normalized spacial score (nSPS) is 21.5. The van der Waals surface area contributed by atoms with Crippen molar-refractivity contribution in [1.82, 2.24) is 9.21 Å². The number of fused-ring (bicyclic) bond motifs is 3. The van der Waals surface area contributed by atoms with E-state index in [0.29, 0.717) is 13.1 Å². The Kier molecular flexibility index (Phi) is 4.03. The fourth-order valence-corrected chi connectivity index (χ4v) is 6.95. The van der Waals surface area contributed by atoms with Crippen LogP contribution in [0.3, 0.4) is 0 Å². The molecule has 126 valence electrons. The summed E-state index contributed by atoms with van der Waals surface area (Å²) in [6.45, 7) is 0.871. The molecule has 8 heteroatoms. The van der Waals surface area contributed by atoms with Gasteiger partial charge in [0.2, 0.25) is 5.91 Å². The van der Waals surface area contributed by atoms with Crippen LogP contribution in [-0.4, -0.2) is 43.2 Å². The molecule has 1 saturated heterocycles. The van der Waals surface area contributed by atoms with E-state index in [1.54, 1.807) is 12.1 Å². The van der Waals surface area contributed by atoms with Gasteiger partial charge in [0.25, 0.3) is 10.0 Å². The molecule has 0 N–H and O–H groups in total. The molecule has 5 nitrogen and oxygen atoms in total. The molecule has 1 amide bonds. The number of carbonyl (C=O) groups excluding carboxylic acids is 1. The summed E-state index contributed by atoms with van der Waals surface area (Å²) < 4.78 is 28.1. The van der Waals surface area contributed by atoms with Crippen LogP contribution in [0.15, 0.2) is 44.4 Å². The second kappa shape index (κ2) is 5.94. The molecule has 0 spiro atoms. The lowest BCUT2D eigenvalue weighted by Gasteiger charge is -2.43. The SMILES string of the molecule is O=C1CN(S(=O)(=O)c2ccc(Br)s2)CC2c3ccccc3CCN12. The minimum atomic E-state index is -3.65. The summed E-state index contributed by atoms with van der Waals surface area (Å²) in [7, 11) is -3.65. The molecule has 2 aliphatic rings. The summed E-state index contributed by atoms with van der Waals surface area (Å²) in [5.41, 5.74) is 2.26. The van der Waals surface area contributed by atoms with Gasteiger partial charge in [0, 0.05) is 13.1 Å². The number of benzene rings is 1. The molecule has 0 aliphatic carbocycles. The highest BCUT2D eigenvalue weighted by molar-refractivity contribution is 9.11. The zero-order valence-electron chi connectivity index (χ0n) is 12.7. The van der Waals surface area contributed by atoms with Crippen LogP contribution in [0.5, 0.6) is 0 Å². The van der Waals surface area contributed by atoms with Crippen molar-refractivity contribution < 1.29 is 13.2 Å². The highest BCUT2D eigenvalue weighted by atomic mass is 79.9. The number of nitrogens with zero attached hydrogens (tertiary/aromatic N) is 2. The first kappa shape index (κ1) is 16.3. The maximum atomic E-state index is 12.9. The molecule has 3 heterocycles. The number of amides is 1. The monoisotopic (exact) mass is 426 g/mol. The van der Waals surface area contributed by atoms with E-state index in [-0.39, 0.29) is 22.7 Å². The average Bonchev–Trinajstić information content (AvgIpc) is 3.02. The number of hydrogen-bond acceptors (Lipinski definition) is 4. The lowest BCUT2D eigenvalue weighted by molar-refractivity contribution is -0.138. The van der Waals surface area contributed by atoms with Gasteiger partial charge in [-0.2, -0.15) is 4.31 Å². The predicted molar refractivity (Wildman–Crippen MR) is 95.4 cm³/mol. The van der Waals surface area contributed by atoms with E-state index >= 15 is 0 Å². The molecular weight excluding hydrogens is 412 g/mol. The van der Waals surface area contributed by atoms with Gasteiger partial charge in [-0.3, -0.25) is 4.79 Å². The number of hydrogen-bond donors (Lipinski definition) is 0. The molecule has 1 fully saturated rings. The van der Waals surface area contributed by atoms with Crippen molar-refractivity contribution in [2.45, 2.75) is 16.7 Å². The Morgan fingerprint density at radius 3 is 2.71 bits per heavy atom. The van der Waals surface area contributed by atoms with E-state index in [4.69, 9.17) is 0 Å². The number of halogens is 1. The first-order valence-corrected chi connectivity index (χ1v) is 10.6. The molecule has 0 saturated carbocycles. The lowest BCUT2D eigenvalue weighted by Crippen LogP contribution is -2.55. The molecule has 1 unspecified atom stereocenters. The van der Waals surface area contributed by atoms with Crippen molar-refractivity contribution in [3.63, 3.8) is 0 Å². The molecule has 2 aliphatic heterocycles. The molecule has 4 rings (SSSR count). The third kappa shape index (κ3) is 2.61. The van der Waals surface area contributed by atoms with Gasteiger partial charge in [-0.15, -0.1) is 11.3 Å². The van der Waals surface area contributed by atoms with E-state index in [1.165, 1.54) is 21.2 Å². The van der Waals surface area contributed by atoms with Crippen LogP contribution in [0.1, 0.15) is 17.2 Å². The molecule has 2 aromatic rings. The highest BCUT2D eigenvalue weighted by Gasteiger charge is 2.41. The summed E-state index contributed by atoms with van der Waals surface area (Å²) in [6, 6.07) is 11.1. The van der Waals surface area contributed by atoms with Crippen molar-refractivity contribution in [2.75, 3.05) is 19.6 Å². The Hall–Kier alpha value is -1.22. The van der Waals surface area contributed by atoms with Crippen LogP contribution in [0, 0.1) is 0 Å². The van der Waals surface area contributed by atoms with Crippen molar-refractivity contribution in [3.8, 4) is 0 Å². The number of rotatable bonds is 2. The Morgan fingerprint density at radius 2 is 1.96 bits per heavy atom. The molecule has 0 radical (unpaired) electrons. The van der Waals surface area contributed by atoms with Gasteiger partial charge >= 0.3 is 0 Å². The Balaban J connectivity index is 1.71. The van der Waals surface area contributed by atoms with E-state index in [1.807, 2.05) is 23.1 Å². The minimum Gasteiger partial charge on any atom is -0.333 e. The molecule has 1 aromatic heterocycles. The average molecular weight is 427 g/mol. The summed E-state index contributed by atoms with van der Waals surface area (Å²) in [5, 5.41) is 0. The first-order valence-electron chi connectivity index (χ1n) is 7.59. The highest BCUT2D eigenvalue weighted by Crippen LogP contribution is 2.36. The largest absolute Gasteiger partial charge is 0.333 e. The topological polar surface area (TPSA) is 57.7 Å². The van der Waals surface area contributed by atoms with Crippen LogP contribution in [-0.2, 0) is 21.2 Å². The van der Waals surface area contributed by atoms with Crippen molar-refractivity contribution in [1.29, 1.82) is 0 Å². The molecule has 24 heavy (non-hydrogen) atoms. The number of piperazine rings is 1. The minimum absolute atomic E-state index is 0.0868. The number of carbonyl (C=O) groups is 1. The number of sulfonamides is 1. The van der Waals surface area contributed by atoms with Crippen LogP contribution in [0.4, 0.5) is 0 Å². The standard InChI is InChI=1S/C16H15BrN2O3S2/c17-14-5-6-16(23-14)24(21,22)18-9-13-12-4-2-1-3-11(12)7-8-19(13)15(20)10-18/h1-6,13H,7-10H2. The van der Waals surface area contributed by atoms with Gasteiger partial charge in [-0.25, -0.2) is 8.42 Å². The first-order chi connectivity index (χ1) is 11.5. The van der Waals surface area contributed by atoms with Crippen molar-refractivity contribution in [3.05, 3.63) is 51.3 Å². The smallest absolute Gasteiger partial charge is 0.253 e. The van der Waals surface area contributed by atoms with Gasteiger partial charge < -0.3 is 4.90 Å². The van der Waals surface area contributed by atoms with E-state index in [0.717, 1.165) is 15.8 Å². The van der Waals surface area contributed by atoms with Crippen molar-refractivity contribution in [2.24, 2.45) is 0 Å². The Bertz CT molecular complexity index is 910. The van der Waals surface area contributed by atoms with Gasteiger partial charge in [0.05, 0.1) is 16.4 Å². The second-order valence-electron chi connectivity index (χ2n) is 5.91. The fraction of sp³-hybridized carbons (Fsp3) is 0.312. The molecule has 1 aromatic carbocycles. The van der Waals surface area contributed by atoms with E-state index < -0.39 is 10.0 Å². The fourth-order valence-electron chi connectivity index (χ4n) is 3.39. The molecular formula is C16H15BrN2O3S2. The van der Waals surface area contributed by atoms with Gasteiger partial charge in [0.1, 0.15) is 4.21 Å². The third-order valence-corrected chi connectivity index (χ3v) is 8.47. The van der Waals surface area contributed by atoms with Gasteiger partial charge in [-0.05, 0) is 45.6 Å². The quantitative estimate of drug-likeness (QED) is 0.741. The molecule has 1 atom stereocenters. The van der Waals surface area contributed by atoms with E-state index in [9.17, 15) is 13.2 Å².